The van der Waals surface area contributed by atoms with E-state index in [-0.39, 0.29) is 24.8 Å². The van der Waals surface area contributed by atoms with Gasteiger partial charge in [0.05, 0.1) is 18.7 Å². The fraction of sp³-hybridized carbons (Fsp3) is 0.333. The van der Waals surface area contributed by atoms with Crippen molar-refractivity contribution in [2.45, 2.75) is 32.9 Å². The Morgan fingerprint density at radius 2 is 1.83 bits per heavy atom. The zero-order valence-electron chi connectivity index (χ0n) is 16.7. The number of nitrogens with zero attached hydrogens (tertiary/aromatic N) is 1. The Bertz CT molecular complexity index is 923. The third-order valence-corrected chi connectivity index (χ3v) is 4.61. The molecule has 30 heavy (non-hydrogen) atoms. The lowest BCUT2D eigenvalue weighted by atomic mass is 10.1. The van der Waals surface area contributed by atoms with Crippen LogP contribution in [0.4, 0.5) is 11.4 Å². The standard InChI is InChI=1S/C21H23N3O6/c1-13(20(27)23-17-7-5-16(6-8-17)22-14(2)25)30-21(28)15-10-19(26)24(11-15)12-18-4-3-9-29-18/h3-9,13,15H,10-12H2,1-2H3,(H,22,25)(H,23,27)/t13-,15-/m1/s1. The van der Waals surface area contributed by atoms with Gasteiger partial charge in [0.25, 0.3) is 5.91 Å². The highest BCUT2D eigenvalue weighted by Gasteiger charge is 2.36. The van der Waals surface area contributed by atoms with E-state index in [1.807, 2.05) is 0 Å². The van der Waals surface area contributed by atoms with E-state index in [9.17, 15) is 19.2 Å². The predicted octanol–water partition coefficient (Wildman–Crippen LogP) is 2.16. The number of nitrogens with one attached hydrogen (secondary N) is 2. The van der Waals surface area contributed by atoms with E-state index in [1.54, 1.807) is 36.4 Å². The molecule has 0 saturated carbocycles. The van der Waals surface area contributed by atoms with Gasteiger partial charge in [-0.1, -0.05) is 0 Å². The smallest absolute Gasteiger partial charge is 0.312 e. The first-order chi connectivity index (χ1) is 14.3. The first-order valence-corrected chi connectivity index (χ1v) is 9.51. The number of hydrogen-bond acceptors (Lipinski definition) is 6. The Hall–Kier alpha value is -3.62. The molecule has 0 spiro atoms. The molecule has 9 nitrogen and oxygen atoms in total. The third kappa shape index (κ3) is 5.47. The second-order valence-electron chi connectivity index (χ2n) is 7.08. The highest BCUT2D eigenvalue weighted by Crippen LogP contribution is 2.22. The Labute approximate surface area is 173 Å². The second kappa shape index (κ2) is 9.25. The fourth-order valence-corrected chi connectivity index (χ4v) is 3.08. The van der Waals surface area contributed by atoms with Gasteiger partial charge in [-0.25, -0.2) is 0 Å². The quantitative estimate of drug-likeness (QED) is 0.672. The minimum atomic E-state index is -1.03. The number of amides is 3. The van der Waals surface area contributed by atoms with Crippen LogP contribution in [0.15, 0.2) is 47.1 Å². The van der Waals surface area contributed by atoms with E-state index in [1.165, 1.54) is 25.0 Å². The monoisotopic (exact) mass is 413 g/mol. The lowest BCUT2D eigenvalue weighted by Gasteiger charge is -2.17. The van der Waals surface area contributed by atoms with Crippen molar-refractivity contribution in [3.05, 3.63) is 48.4 Å². The van der Waals surface area contributed by atoms with E-state index in [4.69, 9.17) is 9.15 Å². The number of carbonyl (C=O) groups excluding carboxylic acids is 4. The maximum Gasteiger partial charge on any atom is 0.312 e. The maximum atomic E-state index is 12.4. The van der Waals surface area contributed by atoms with Gasteiger partial charge in [-0.05, 0) is 43.3 Å². The number of esters is 1. The van der Waals surface area contributed by atoms with Crippen LogP contribution < -0.4 is 10.6 Å². The summed E-state index contributed by atoms with van der Waals surface area (Å²) in [5.41, 5.74) is 1.10. The summed E-state index contributed by atoms with van der Waals surface area (Å²) in [5, 5.41) is 5.27. The number of likely N-dealkylation sites (tertiary alicyclic amines) is 1. The van der Waals surface area contributed by atoms with Crippen LogP contribution in [-0.4, -0.2) is 41.2 Å². The maximum absolute atomic E-state index is 12.4. The van der Waals surface area contributed by atoms with E-state index >= 15 is 0 Å². The van der Waals surface area contributed by atoms with Crippen molar-refractivity contribution < 1.29 is 28.3 Å². The molecule has 1 fully saturated rings. The lowest BCUT2D eigenvalue weighted by Crippen LogP contribution is -2.33. The molecule has 3 rings (SSSR count). The number of hydrogen-bond donors (Lipinski definition) is 2. The number of rotatable bonds is 7. The molecule has 9 heteroatoms. The molecule has 0 unspecified atom stereocenters. The highest BCUT2D eigenvalue weighted by molar-refractivity contribution is 5.96. The molecular formula is C21H23N3O6. The molecule has 2 heterocycles. The summed E-state index contributed by atoms with van der Waals surface area (Å²) >= 11 is 0. The molecule has 0 radical (unpaired) electrons. The Balaban J connectivity index is 1.49. The van der Waals surface area contributed by atoms with Gasteiger partial charge in [0, 0.05) is 31.3 Å². The fourth-order valence-electron chi connectivity index (χ4n) is 3.08. The van der Waals surface area contributed by atoms with E-state index in [0.717, 1.165) is 0 Å². The van der Waals surface area contributed by atoms with Crippen molar-refractivity contribution in [1.29, 1.82) is 0 Å². The summed E-state index contributed by atoms with van der Waals surface area (Å²) in [6.07, 6.45) is 0.537. The van der Waals surface area contributed by atoms with Crippen molar-refractivity contribution in [3.8, 4) is 0 Å². The van der Waals surface area contributed by atoms with E-state index < -0.39 is 23.9 Å². The van der Waals surface area contributed by atoms with Gasteiger partial charge in [-0.2, -0.15) is 0 Å². The van der Waals surface area contributed by atoms with E-state index in [2.05, 4.69) is 10.6 Å². The van der Waals surface area contributed by atoms with Crippen molar-refractivity contribution in [2.24, 2.45) is 5.92 Å². The lowest BCUT2D eigenvalue weighted by molar-refractivity contribution is -0.157. The van der Waals surface area contributed by atoms with Crippen molar-refractivity contribution in [3.63, 3.8) is 0 Å². The average molecular weight is 413 g/mol. The summed E-state index contributed by atoms with van der Waals surface area (Å²) in [4.78, 5) is 49.4. The number of carbonyl (C=O) groups is 4. The summed E-state index contributed by atoms with van der Waals surface area (Å²) < 4.78 is 10.5. The van der Waals surface area contributed by atoms with Gasteiger partial charge in [0.15, 0.2) is 6.10 Å². The van der Waals surface area contributed by atoms with Crippen LogP contribution in [0.25, 0.3) is 0 Å². The molecule has 0 aliphatic carbocycles. The number of furan rings is 1. The molecular weight excluding hydrogens is 390 g/mol. The van der Waals surface area contributed by atoms with Crippen molar-refractivity contribution in [2.75, 3.05) is 17.2 Å². The average Bonchev–Trinajstić information content (AvgIpc) is 3.33. The topological polar surface area (TPSA) is 118 Å². The Morgan fingerprint density at radius 3 is 2.43 bits per heavy atom. The number of benzene rings is 1. The van der Waals surface area contributed by atoms with E-state index in [0.29, 0.717) is 23.7 Å². The summed E-state index contributed by atoms with van der Waals surface area (Å²) in [6, 6.07) is 10.0. The second-order valence-corrected chi connectivity index (χ2v) is 7.08. The zero-order chi connectivity index (χ0) is 21.7. The molecule has 158 valence electrons. The molecule has 0 bridgehead atoms. The van der Waals surface area contributed by atoms with Crippen LogP contribution in [-0.2, 0) is 30.5 Å². The summed E-state index contributed by atoms with van der Waals surface area (Å²) in [7, 11) is 0. The summed E-state index contributed by atoms with van der Waals surface area (Å²) in [5.74, 6) is -1.43. The largest absolute Gasteiger partial charge is 0.467 e. The first-order valence-electron chi connectivity index (χ1n) is 9.51. The Kier molecular flexibility index (Phi) is 6.51. The molecule has 1 aliphatic rings. The number of ether oxygens (including phenoxy) is 1. The molecule has 2 atom stereocenters. The van der Waals surface area contributed by atoms with Crippen LogP contribution in [0, 0.1) is 5.92 Å². The zero-order valence-corrected chi connectivity index (χ0v) is 16.7. The molecule has 2 N–H and O–H groups in total. The van der Waals surface area contributed by atoms with Gasteiger partial charge in [0.2, 0.25) is 11.8 Å². The van der Waals surface area contributed by atoms with Crippen molar-refractivity contribution >= 4 is 35.1 Å². The van der Waals surface area contributed by atoms with Crippen LogP contribution >= 0.6 is 0 Å². The SMILES string of the molecule is CC(=O)Nc1ccc(NC(=O)[C@@H](C)OC(=O)[C@@H]2CC(=O)N(Cc3ccco3)C2)cc1. The molecule has 1 saturated heterocycles. The predicted molar refractivity (Wildman–Crippen MR) is 107 cm³/mol. The third-order valence-electron chi connectivity index (χ3n) is 4.61. The molecule has 1 aliphatic heterocycles. The molecule has 3 amide bonds. The molecule has 1 aromatic carbocycles. The van der Waals surface area contributed by atoms with Crippen LogP contribution in [0.3, 0.4) is 0 Å². The number of anilines is 2. The van der Waals surface area contributed by atoms with Gasteiger partial charge < -0.3 is 24.7 Å². The normalized spacial score (nSPS) is 16.8. The minimum Gasteiger partial charge on any atom is -0.467 e. The molecule has 1 aromatic heterocycles. The van der Waals surface area contributed by atoms with Crippen molar-refractivity contribution in [1.82, 2.24) is 4.90 Å². The van der Waals surface area contributed by atoms with Gasteiger partial charge in [-0.15, -0.1) is 0 Å². The van der Waals surface area contributed by atoms with Crippen LogP contribution in [0.2, 0.25) is 0 Å². The molecule has 2 aromatic rings. The summed E-state index contributed by atoms with van der Waals surface area (Å²) in [6.45, 7) is 3.38. The Morgan fingerprint density at radius 1 is 1.17 bits per heavy atom. The van der Waals surface area contributed by atoms with Gasteiger partial charge >= 0.3 is 5.97 Å². The van der Waals surface area contributed by atoms with Crippen LogP contribution in [0.1, 0.15) is 26.0 Å². The van der Waals surface area contributed by atoms with Gasteiger partial charge in [-0.3, -0.25) is 19.2 Å². The first kappa shape index (κ1) is 21.1. The highest BCUT2D eigenvalue weighted by atomic mass is 16.5. The minimum absolute atomic E-state index is 0.0402. The van der Waals surface area contributed by atoms with Gasteiger partial charge in [0.1, 0.15) is 5.76 Å². The van der Waals surface area contributed by atoms with Crippen LogP contribution in [0.5, 0.6) is 0 Å².